The Balaban J connectivity index is 2.15. The normalized spacial score (nSPS) is 15.5. The Hall–Kier alpha value is -1.14. The second-order valence-corrected chi connectivity index (χ2v) is 18.4. The topological polar surface area (TPSA) is 65.1 Å². The van der Waals surface area contributed by atoms with Crippen molar-refractivity contribution in [1.29, 1.82) is 0 Å². The zero-order chi connectivity index (χ0) is 39.1. The second-order valence-electron chi connectivity index (χ2n) is 18.4. The van der Waals surface area contributed by atoms with Crippen LogP contribution in [0.4, 0.5) is 0 Å². The summed E-state index contributed by atoms with van der Waals surface area (Å²) >= 11 is 0. The van der Waals surface area contributed by atoms with Gasteiger partial charge in [-0.05, 0) is 100.0 Å². The SMILES string of the molecule is CC(C)CCC(COC(=O)CCCCCCCCCC(CCCCCCCCCC(=O)OCC(CCC(C)C)C(C)C)OCCN1CCCC1)C(C)C. The van der Waals surface area contributed by atoms with Crippen LogP contribution in [-0.2, 0) is 23.8 Å². The average Bonchev–Trinajstić information content (AvgIpc) is 3.62. The molecule has 53 heavy (non-hydrogen) atoms. The highest BCUT2D eigenvalue weighted by molar-refractivity contribution is 5.69. The maximum Gasteiger partial charge on any atom is 0.305 e. The minimum Gasteiger partial charge on any atom is -0.465 e. The number of ether oxygens (including phenoxy) is 3. The number of hydrogen-bond donors (Lipinski definition) is 0. The molecule has 1 rings (SSSR count). The third-order valence-electron chi connectivity index (χ3n) is 11.8. The molecule has 2 unspecified atom stereocenters. The van der Waals surface area contributed by atoms with E-state index >= 15 is 0 Å². The van der Waals surface area contributed by atoms with Gasteiger partial charge in [0, 0.05) is 19.4 Å². The first kappa shape index (κ1) is 49.9. The number of hydrogen-bond acceptors (Lipinski definition) is 6. The van der Waals surface area contributed by atoms with Gasteiger partial charge in [0.15, 0.2) is 0 Å². The Morgan fingerprint density at radius 3 is 1.25 bits per heavy atom. The first-order chi connectivity index (χ1) is 25.5. The van der Waals surface area contributed by atoms with Crippen LogP contribution in [0.25, 0.3) is 0 Å². The van der Waals surface area contributed by atoms with E-state index in [-0.39, 0.29) is 11.9 Å². The number of nitrogens with zero attached hydrogens (tertiary/aromatic N) is 1. The summed E-state index contributed by atoms with van der Waals surface area (Å²) in [7, 11) is 0. The summed E-state index contributed by atoms with van der Waals surface area (Å²) in [5, 5.41) is 0. The maximum absolute atomic E-state index is 12.3. The molecule has 1 heterocycles. The molecule has 6 heteroatoms. The van der Waals surface area contributed by atoms with Gasteiger partial charge in [0.25, 0.3) is 0 Å². The Kier molecular flexibility index (Phi) is 31.1. The van der Waals surface area contributed by atoms with Crippen molar-refractivity contribution < 1.29 is 23.8 Å². The Bertz CT molecular complexity index is 794. The highest BCUT2D eigenvalue weighted by atomic mass is 16.5. The average molecular weight is 750 g/mol. The van der Waals surface area contributed by atoms with Gasteiger partial charge in [0.05, 0.1) is 25.9 Å². The van der Waals surface area contributed by atoms with Crippen LogP contribution >= 0.6 is 0 Å². The zero-order valence-electron chi connectivity index (χ0n) is 36.7. The van der Waals surface area contributed by atoms with Gasteiger partial charge in [-0.3, -0.25) is 9.59 Å². The van der Waals surface area contributed by atoms with Crippen LogP contribution in [0.2, 0.25) is 0 Å². The standard InChI is InChI=1S/C47H91NO5/c1-39(2)29-31-43(41(5)6)37-52-46(49)27-21-17-13-9-11-15-19-25-45(51-36-35-48-33-23-24-34-48)26-20-16-12-10-14-18-22-28-47(50)53-38-44(42(7)8)32-30-40(3)4/h39-45H,9-38H2,1-8H3. The van der Waals surface area contributed by atoms with Crippen molar-refractivity contribution in [2.24, 2.45) is 35.5 Å². The Labute approximate surface area is 330 Å². The van der Waals surface area contributed by atoms with Crippen molar-refractivity contribution in [2.45, 2.75) is 216 Å². The van der Waals surface area contributed by atoms with E-state index in [4.69, 9.17) is 14.2 Å². The molecule has 0 N–H and O–H groups in total. The molecule has 1 saturated heterocycles. The Morgan fingerprint density at radius 1 is 0.491 bits per heavy atom. The lowest BCUT2D eigenvalue weighted by atomic mass is 9.89. The van der Waals surface area contributed by atoms with Crippen molar-refractivity contribution in [3.05, 3.63) is 0 Å². The molecule has 1 fully saturated rings. The quantitative estimate of drug-likeness (QED) is 0.0469. The summed E-state index contributed by atoms with van der Waals surface area (Å²) in [5.41, 5.74) is 0. The van der Waals surface area contributed by atoms with E-state index in [1.54, 1.807) is 0 Å². The number of carbonyl (C=O) groups excluding carboxylic acids is 2. The number of carbonyl (C=O) groups is 2. The Morgan fingerprint density at radius 2 is 0.868 bits per heavy atom. The molecule has 0 amide bonds. The maximum atomic E-state index is 12.3. The van der Waals surface area contributed by atoms with Crippen molar-refractivity contribution in [1.82, 2.24) is 4.90 Å². The van der Waals surface area contributed by atoms with Crippen molar-refractivity contribution in [3.8, 4) is 0 Å². The molecule has 0 bridgehead atoms. The van der Waals surface area contributed by atoms with E-state index in [0.29, 0.717) is 67.7 Å². The fraction of sp³-hybridized carbons (Fsp3) is 0.957. The summed E-state index contributed by atoms with van der Waals surface area (Å²) in [6.45, 7) is 23.7. The van der Waals surface area contributed by atoms with Gasteiger partial charge in [0.1, 0.15) is 0 Å². The van der Waals surface area contributed by atoms with Gasteiger partial charge in [-0.25, -0.2) is 0 Å². The van der Waals surface area contributed by atoms with Gasteiger partial charge in [-0.15, -0.1) is 0 Å². The number of rotatable bonds is 36. The highest BCUT2D eigenvalue weighted by Crippen LogP contribution is 2.23. The first-order valence-corrected chi connectivity index (χ1v) is 23.1. The fourth-order valence-electron chi connectivity index (χ4n) is 7.57. The molecule has 6 nitrogen and oxygen atoms in total. The summed E-state index contributed by atoms with van der Waals surface area (Å²) < 4.78 is 17.8. The minimum atomic E-state index is -0.00658. The number of esters is 2. The molecule has 0 saturated carbocycles. The predicted octanol–water partition coefficient (Wildman–Crippen LogP) is 13.0. The lowest BCUT2D eigenvalue weighted by Gasteiger charge is -2.21. The molecule has 0 aromatic carbocycles. The fourth-order valence-corrected chi connectivity index (χ4v) is 7.57. The molecule has 0 aromatic rings. The minimum absolute atomic E-state index is 0.00658. The molecule has 0 radical (unpaired) electrons. The van der Waals surface area contributed by atoms with Crippen molar-refractivity contribution in [2.75, 3.05) is 39.5 Å². The zero-order valence-corrected chi connectivity index (χ0v) is 36.7. The molecule has 2 atom stereocenters. The van der Waals surface area contributed by atoms with Crippen molar-refractivity contribution in [3.63, 3.8) is 0 Å². The highest BCUT2D eigenvalue weighted by Gasteiger charge is 2.18. The van der Waals surface area contributed by atoms with E-state index in [0.717, 1.165) is 51.7 Å². The first-order valence-electron chi connectivity index (χ1n) is 23.1. The molecule has 314 valence electrons. The van der Waals surface area contributed by atoms with E-state index < -0.39 is 0 Å². The summed E-state index contributed by atoms with van der Waals surface area (Å²) in [4.78, 5) is 27.2. The molecular formula is C47H91NO5. The molecule has 1 aliphatic rings. The number of unbranched alkanes of at least 4 members (excludes halogenated alkanes) is 12. The van der Waals surface area contributed by atoms with E-state index in [9.17, 15) is 9.59 Å². The van der Waals surface area contributed by atoms with Crippen LogP contribution in [0.5, 0.6) is 0 Å². The summed E-state index contributed by atoms with van der Waals surface area (Å²) in [6, 6.07) is 0. The van der Waals surface area contributed by atoms with Gasteiger partial charge in [-0.2, -0.15) is 0 Å². The largest absolute Gasteiger partial charge is 0.465 e. The lowest BCUT2D eigenvalue weighted by molar-refractivity contribution is -0.146. The molecule has 0 aliphatic carbocycles. The smallest absolute Gasteiger partial charge is 0.305 e. The van der Waals surface area contributed by atoms with E-state index in [2.05, 4.69) is 60.3 Å². The van der Waals surface area contributed by atoms with Gasteiger partial charge in [-0.1, -0.05) is 145 Å². The second kappa shape index (κ2) is 33.0. The third-order valence-corrected chi connectivity index (χ3v) is 11.8. The third kappa shape index (κ3) is 29.8. The van der Waals surface area contributed by atoms with Crippen LogP contribution in [0.3, 0.4) is 0 Å². The molecular weight excluding hydrogens is 659 g/mol. The van der Waals surface area contributed by atoms with E-state index in [1.165, 1.54) is 116 Å². The van der Waals surface area contributed by atoms with Crippen LogP contribution in [0.1, 0.15) is 209 Å². The molecule has 1 aliphatic heterocycles. The predicted molar refractivity (Wildman–Crippen MR) is 225 cm³/mol. The summed E-state index contributed by atoms with van der Waals surface area (Å²) in [5.74, 6) is 3.47. The van der Waals surface area contributed by atoms with Crippen LogP contribution in [0, 0.1) is 35.5 Å². The summed E-state index contributed by atoms with van der Waals surface area (Å²) in [6.07, 6.45) is 28.1. The molecule has 0 spiro atoms. The van der Waals surface area contributed by atoms with E-state index in [1.807, 2.05) is 0 Å². The van der Waals surface area contributed by atoms with Gasteiger partial charge in [0.2, 0.25) is 0 Å². The van der Waals surface area contributed by atoms with Crippen LogP contribution < -0.4 is 0 Å². The van der Waals surface area contributed by atoms with Crippen LogP contribution in [-0.4, -0.2) is 62.4 Å². The number of likely N-dealkylation sites (tertiary alicyclic amines) is 1. The van der Waals surface area contributed by atoms with Crippen LogP contribution in [0.15, 0.2) is 0 Å². The van der Waals surface area contributed by atoms with Gasteiger partial charge < -0.3 is 19.1 Å². The lowest BCUT2D eigenvalue weighted by Crippen LogP contribution is -2.26. The molecule has 0 aromatic heterocycles. The monoisotopic (exact) mass is 750 g/mol. The van der Waals surface area contributed by atoms with Gasteiger partial charge >= 0.3 is 11.9 Å². The van der Waals surface area contributed by atoms with Crippen molar-refractivity contribution >= 4 is 11.9 Å².